The van der Waals surface area contributed by atoms with Gasteiger partial charge in [0, 0.05) is 51.4 Å². The summed E-state index contributed by atoms with van der Waals surface area (Å²) in [5.41, 5.74) is 3.07. The number of nitrogens with one attached hydrogen (secondary N) is 3. The molecular weight excluding hydrogens is 546 g/mol. The number of ether oxygens (including phenoxy) is 1. The number of nitrogens with zero attached hydrogens (tertiary/aromatic N) is 3. The van der Waals surface area contributed by atoms with Crippen molar-refractivity contribution >= 4 is 17.5 Å². The minimum atomic E-state index is -1.13. The van der Waals surface area contributed by atoms with Gasteiger partial charge in [0.25, 0.3) is 5.91 Å². The van der Waals surface area contributed by atoms with Gasteiger partial charge in [-0.1, -0.05) is 25.1 Å². The van der Waals surface area contributed by atoms with Gasteiger partial charge in [0.05, 0.1) is 12.3 Å². The highest BCUT2D eigenvalue weighted by Gasteiger charge is 2.58. The molecule has 0 saturated heterocycles. The van der Waals surface area contributed by atoms with Gasteiger partial charge in [0.15, 0.2) is 5.69 Å². The molecule has 6 rings (SSSR count). The standard InChI is InChI=1S/C30H30F2N6O4/c1-14(2)25-27(38-42-37-25)29(40)34-26(24-20-7-5-17(31)11-22(20)41-13-30(24)9-10-30)28(39)33-18-6-8-19(21(32)12-18)23-15(3)35-36-16(23)4/h5-8,11-12,14,24,26H,9-10,13H2,1-4H3,(H,33,39)(H,34,40)(H,35,36)/t24?,26-/m0/s1. The van der Waals surface area contributed by atoms with E-state index in [0.29, 0.717) is 33.8 Å². The largest absolute Gasteiger partial charge is 0.493 e. The fourth-order valence-electron chi connectivity index (χ4n) is 5.89. The van der Waals surface area contributed by atoms with Crippen molar-refractivity contribution < 1.29 is 27.7 Å². The third kappa shape index (κ3) is 4.80. The van der Waals surface area contributed by atoms with Crippen molar-refractivity contribution in [3.05, 3.63) is 76.4 Å². The van der Waals surface area contributed by atoms with Crippen LogP contribution in [0, 0.1) is 30.9 Å². The molecule has 3 heterocycles. The van der Waals surface area contributed by atoms with E-state index in [2.05, 4.69) is 31.1 Å². The summed E-state index contributed by atoms with van der Waals surface area (Å²) in [7, 11) is 0. The first-order chi connectivity index (χ1) is 20.1. The van der Waals surface area contributed by atoms with Gasteiger partial charge in [-0.2, -0.15) is 5.10 Å². The Morgan fingerprint density at radius 3 is 2.55 bits per heavy atom. The number of H-pyrrole nitrogens is 1. The second-order valence-electron chi connectivity index (χ2n) is 11.4. The number of rotatable bonds is 7. The number of aromatic amines is 1. The molecule has 1 aliphatic heterocycles. The van der Waals surface area contributed by atoms with Crippen molar-refractivity contribution in [2.24, 2.45) is 5.41 Å². The zero-order chi connectivity index (χ0) is 29.8. The zero-order valence-corrected chi connectivity index (χ0v) is 23.5. The van der Waals surface area contributed by atoms with Gasteiger partial charge < -0.3 is 15.4 Å². The topological polar surface area (TPSA) is 135 Å². The third-order valence-electron chi connectivity index (χ3n) is 8.19. The van der Waals surface area contributed by atoms with Crippen LogP contribution in [0.4, 0.5) is 14.5 Å². The van der Waals surface area contributed by atoms with Gasteiger partial charge >= 0.3 is 0 Å². The van der Waals surface area contributed by atoms with Gasteiger partial charge in [-0.25, -0.2) is 13.4 Å². The van der Waals surface area contributed by atoms with Crippen LogP contribution in [0.3, 0.4) is 0 Å². The van der Waals surface area contributed by atoms with Gasteiger partial charge in [-0.3, -0.25) is 14.7 Å². The molecule has 0 radical (unpaired) electrons. The average Bonchev–Trinajstić information content (AvgIpc) is 3.37. The summed E-state index contributed by atoms with van der Waals surface area (Å²) in [6, 6.07) is 7.44. The molecule has 2 atom stereocenters. The Morgan fingerprint density at radius 2 is 1.88 bits per heavy atom. The van der Waals surface area contributed by atoms with Crippen molar-refractivity contribution in [2.75, 3.05) is 11.9 Å². The summed E-state index contributed by atoms with van der Waals surface area (Å²) in [6.45, 7) is 7.53. The van der Waals surface area contributed by atoms with Crippen LogP contribution in [0.1, 0.15) is 71.7 Å². The lowest BCUT2D eigenvalue weighted by atomic mass is 9.75. The molecule has 2 amide bonds. The molecule has 2 aromatic heterocycles. The zero-order valence-electron chi connectivity index (χ0n) is 23.5. The second kappa shape index (κ2) is 10.3. The molecule has 2 aromatic carbocycles. The second-order valence-corrected chi connectivity index (χ2v) is 11.4. The van der Waals surface area contributed by atoms with E-state index in [0.717, 1.165) is 18.5 Å². The van der Waals surface area contributed by atoms with Crippen LogP contribution in [-0.2, 0) is 4.79 Å². The van der Waals surface area contributed by atoms with Crippen molar-refractivity contribution in [3.63, 3.8) is 0 Å². The maximum atomic E-state index is 15.3. The van der Waals surface area contributed by atoms with Crippen LogP contribution < -0.4 is 15.4 Å². The van der Waals surface area contributed by atoms with Crippen molar-refractivity contribution in [1.29, 1.82) is 0 Å². The highest BCUT2D eigenvalue weighted by molar-refractivity contribution is 6.01. The summed E-state index contributed by atoms with van der Waals surface area (Å²) in [6.07, 6.45) is 1.51. The first-order valence-electron chi connectivity index (χ1n) is 13.8. The Labute approximate surface area is 240 Å². The number of aryl methyl sites for hydroxylation is 2. The highest BCUT2D eigenvalue weighted by atomic mass is 19.1. The monoisotopic (exact) mass is 576 g/mol. The molecule has 1 spiro atoms. The smallest absolute Gasteiger partial charge is 0.276 e. The molecule has 0 bridgehead atoms. The normalized spacial score (nSPS) is 17.5. The predicted molar refractivity (Wildman–Crippen MR) is 148 cm³/mol. The molecule has 4 aromatic rings. The molecule has 1 unspecified atom stereocenters. The Kier molecular flexibility index (Phi) is 6.78. The van der Waals surface area contributed by atoms with E-state index >= 15 is 4.39 Å². The minimum Gasteiger partial charge on any atom is -0.493 e. The molecule has 42 heavy (non-hydrogen) atoms. The number of carbonyl (C=O) groups is 2. The van der Waals surface area contributed by atoms with Crippen LogP contribution in [0.15, 0.2) is 41.0 Å². The number of hydrogen-bond donors (Lipinski definition) is 3. The van der Waals surface area contributed by atoms with E-state index < -0.39 is 40.8 Å². The maximum absolute atomic E-state index is 15.3. The summed E-state index contributed by atoms with van der Waals surface area (Å²) < 4.78 is 40.2. The molecule has 10 nitrogen and oxygen atoms in total. The predicted octanol–water partition coefficient (Wildman–Crippen LogP) is 5.17. The highest BCUT2D eigenvalue weighted by Crippen LogP contribution is 2.61. The van der Waals surface area contributed by atoms with Gasteiger partial charge in [-0.15, -0.1) is 0 Å². The van der Waals surface area contributed by atoms with Crippen LogP contribution >= 0.6 is 0 Å². The molecule has 2 aliphatic rings. The summed E-state index contributed by atoms with van der Waals surface area (Å²) >= 11 is 0. The molecule has 1 saturated carbocycles. The summed E-state index contributed by atoms with van der Waals surface area (Å²) in [4.78, 5) is 27.5. The number of aromatic nitrogens is 4. The Morgan fingerprint density at radius 1 is 1.10 bits per heavy atom. The summed E-state index contributed by atoms with van der Waals surface area (Å²) in [5.74, 6) is -2.61. The fourth-order valence-corrected chi connectivity index (χ4v) is 5.89. The van der Waals surface area contributed by atoms with Gasteiger partial charge in [-0.05, 0) is 56.1 Å². The quantitative estimate of drug-likeness (QED) is 0.276. The number of halogens is 2. The SMILES string of the molecule is Cc1n[nH]c(C)c1-c1ccc(NC(=O)[C@@H](NC(=O)c2nonc2C(C)C)C2c3ccc(F)cc3OCC23CC3)cc1F. The lowest BCUT2D eigenvalue weighted by Crippen LogP contribution is -2.52. The average molecular weight is 577 g/mol. The number of hydrogen-bond acceptors (Lipinski definition) is 7. The Bertz CT molecular complexity index is 1670. The Balaban J connectivity index is 1.36. The van der Waals surface area contributed by atoms with Crippen molar-refractivity contribution in [2.45, 2.75) is 58.4 Å². The summed E-state index contributed by atoms with van der Waals surface area (Å²) in [5, 5.41) is 20.3. The molecule has 1 fully saturated rings. The number of benzene rings is 2. The lowest BCUT2D eigenvalue weighted by Gasteiger charge is -2.38. The van der Waals surface area contributed by atoms with Crippen LogP contribution in [-0.4, -0.2) is 45.0 Å². The first-order valence-corrected chi connectivity index (χ1v) is 13.8. The third-order valence-corrected chi connectivity index (χ3v) is 8.19. The minimum absolute atomic E-state index is 0.0275. The van der Waals surface area contributed by atoms with E-state index in [1.54, 1.807) is 32.0 Å². The van der Waals surface area contributed by atoms with Crippen molar-refractivity contribution in [3.8, 4) is 16.9 Å². The van der Waals surface area contributed by atoms with E-state index in [-0.39, 0.29) is 23.9 Å². The van der Waals surface area contributed by atoms with E-state index in [9.17, 15) is 14.0 Å². The van der Waals surface area contributed by atoms with Gasteiger partial charge in [0.1, 0.15) is 29.1 Å². The molecule has 218 valence electrons. The fraction of sp³-hybridized carbons (Fsp3) is 0.367. The van der Waals surface area contributed by atoms with E-state index in [4.69, 9.17) is 9.37 Å². The first kappa shape index (κ1) is 27.6. The number of fused-ring (bicyclic) bond motifs is 1. The molecular formula is C30H30F2N6O4. The molecule has 12 heteroatoms. The van der Waals surface area contributed by atoms with Crippen molar-refractivity contribution in [1.82, 2.24) is 25.8 Å². The van der Waals surface area contributed by atoms with Crippen LogP contribution in [0.5, 0.6) is 5.75 Å². The lowest BCUT2D eigenvalue weighted by molar-refractivity contribution is -0.119. The van der Waals surface area contributed by atoms with E-state index in [1.807, 2.05) is 13.8 Å². The van der Waals surface area contributed by atoms with Gasteiger partial charge in [0.2, 0.25) is 5.91 Å². The van der Waals surface area contributed by atoms with Crippen LogP contribution in [0.2, 0.25) is 0 Å². The molecule has 3 N–H and O–H groups in total. The number of amides is 2. The van der Waals surface area contributed by atoms with E-state index in [1.165, 1.54) is 18.2 Å². The maximum Gasteiger partial charge on any atom is 0.276 e. The number of anilines is 1. The Hall–Kier alpha value is -4.61. The van der Waals surface area contributed by atoms with Crippen LogP contribution in [0.25, 0.3) is 11.1 Å². The molecule has 1 aliphatic carbocycles. The number of carbonyl (C=O) groups excluding carboxylic acids is 2.